The van der Waals surface area contributed by atoms with Crippen molar-refractivity contribution in [1.29, 1.82) is 0 Å². The zero-order valence-electron chi connectivity index (χ0n) is 16.2. The summed E-state index contributed by atoms with van der Waals surface area (Å²) in [6, 6.07) is 16.7. The predicted octanol–water partition coefficient (Wildman–Crippen LogP) is 6.40. The molecule has 3 aromatic carbocycles. The standard InChI is InChI=1S/C23H23BrFNO2/c1-15-7-8-21(16(2)9-15)26-13-18-11-20(24)23(22(12-18)27-3)28-14-17-5-4-6-19(25)10-17/h4-12,26H,13-14H2,1-3H3. The lowest BCUT2D eigenvalue weighted by Crippen LogP contribution is -2.04. The number of aryl methyl sites for hydroxylation is 2. The van der Waals surface area contributed by atoms with E-state index < -0.39 is 0 Å². The molecular formula is C23H23BrFNO2. The van der Waals surface area contributed by atoms with E-state index in [0.717, 1.165) is 21.3 Å². The molecule has 3 aromatic rings. The van der Waals surface area contributed by atoms with Crippen LogP contribution in [0.2, 0.25) is 0 Å². The Morgan fingerprint density at radius 1 is 1.00 bits per heavy atom. The van der Waals surface area contributed by atoms with E-state index in [-0.39, 0.29) is 12.4 Å². The third-order valence-electron chi connectivity index (χ3n) is 4.43. The number of ether oxygens (including phenoxy) is 2. The molecule has 0 aliphatic heterocycles. The lowest BCUT2D eigenvalue weighted by Gasteiger charge is -2.16. The number of benzene rings is 3. The first-order chi connectivity index (χ1) is 13.5. The van der Waals surface area contributed by atoms with Crippen molar-refractivity contribution in [3.8, 4) is 11.5 Å². The summed E-state index contributed by atoms with van der Waals surface area (Å²) in [5.41, 5.74) is 5.37. The minimum Gasteiger partial charge on any atom is -0.493 e. The molecule has 0 aromatic heterocycles. The SMILES string of the molecule is COc1cc(CNc2ccc(C)cc2C)cc(Br)c1OCc1cccc(F)c1. The van der Waals surface area contributed by atoms with Crippen LogP contribution in [0.1, 0.15) is 22.3 Å². The average molecular weight is 444 g/mol. The highest BCUT2D eigenvalue weighted by Crippen LogP contribution is 2.37. The maximum atomic E-state index is 13.3. The monoisotopic (exact) mass is 443 g/mol. The van der Waals surface area contributed by atoms with Crippen molar-refractivity contribution in [2.75, 3.05) is 12.4 Å². The van der Waals surface area contributed by atoms with Crippen molar-refractivity contribution >= 4 is 21.6 Å². The van der Waals surface area contributed by atoms with Crippen LogP contribution in [0.15, 0.2) is 59.1 Å². The quantitative estimate of drug-likeness (QED) is 0.457. The molecule has 146 valence electrons. The van der Waals surface area contributed by atoms with Gasteiger partial charge in [0.2, 0.25) is 0 Å². The maximum absolute atomic E-state index is 13.3. The Hall–Kier alpha value is -2.53. The summed E-state index contributed by atoms with van der Waals surface area (Å²) < 4.78 is 25.5. The van der Waals surface area contributed by atoms with Crippen molar-refractivity contribution in [2.45, 2.75) is 27.0 Å². The van der Waals surface area contributed by atoms with Crippen molar-refractivity contribution in [3.05, 3.63) is 87.1 Å². The van der Waals surface area contributed by atoms with Gasteiger partial charge in [-0.2, -0.15) is 0 Å². The Balaban J connectivity index is 1.73. The van der Waals surface area contributed by atoms with Gasteiger partial charge in [-0.3, -0.25) is 0 Å². The number of rotatable bonds is 7. The number of anilines is 1. The van der Waals surface area contributed by atoms with Gasteiger partial charge in [-0.15, -0.1) is 0 Å². The van der Waals surface area contributed by atoms with E-state index in [9.17, 15) is 4.39 Å². The van der Waals surface area contributed by atoms with Crippen molar-refractivity contribution < 1.29 is 13.9 Å². The second-order valence-corrected chi connectivity index (χ2v) is 7.55. The molecule has 0 spiro atoms. The highest BCUT2D eigenvalue weighted by Gasteiger charge is 2.12. The molecule has 0 saturated carbocycles. The normalized spacial score (nSPS) is 10.6. The van der Waals surface area contributed by atoms with Gasteiger partial charge in [0.05, 0.1) is 11.6 Å². The molecular weight excluding hydrogens is 421 g/mol. The van der Waals surface area contributed by atoms with Crippen LogP contribution in [0.25, 0.3) is 0 Å². The maximum Gasteiger partial charge on any atom is 0.175 e. The summed E-state index contributed by atoms with van der Waals surface area (Å²) in [5, 5.41) is 3.46. The minimum absolute atomic E-state index is 0.257. The fourth-order valence-corrected chi connectivity index (χ4v) is 3.61. The van der Waals surface area contributed by atoms with E-state index in [1.54, 1.807) is 13.2 Å². The molecule has 0 atom stereocenters. The van der Waals surface area contributed by atoms with Gasteiger partial charge in [0.25, 0.3) is 0 Å². The molecule has 0 amide bonds. The third-order valence-corrected chi connectivity index (χ3v) is 5.02. The third kappa shape index (κ3) is 5.04. The Morgan fingerprint density at radius 2 is 1.82 bits per heavy atom. The largest absolute Gasteiger partial charge is 0.493 e. The van der Waals surface area contributed by atoms with E-state index in [0.29, 0.717) is 18.0 Å². The summed E-state index contributed by atoms with van der Waals surface area (Å²) in [4.78, 5) is 0. The summed E-state index contributed by atoms with van der Waals surface area (Å²) >= 11 is 3.57. The molecule has 3 nitrogen and oxygen atoms in total. The van der Waals surface area contributed by atoms with Crippen LogP contribution in [0.3, 0.4) is 0 Å². The van der Waals surface area contributed by atoms with Gasteiger partial charge < -0.3 is 14.8 Å². The smallest absolute Gasteiger partial charge is 0.175 e. The molecule has 1 N–H and O–H groups in total. The van der Waals surface area contributed by atoms with Crippen LogP contribution in [0.5, 0.6) is 11.5 Å². The molecule has 0 heterocycles. The number of halogens is 2. The first-order valence-electron chi connectivity index (χ1n) is 9.01. The lowest BCUT2D eigenvalue weighted by molar-refractivity contribution is 0.282. The van der Waals surface area contributed by atoms with E-state index in [1.807, 2.05) is 18.2 Å². The summed E-state index contributed by atoms with van der Waals surface area (Å²) in [6.45, 7) is 5.09. The Labute approximate surface area is 173 Å². The van der Waals surface area contributed by atoms with Crippen LogP contribution in [-0.2, 0) is 13.2 Å². The van der Waals surface area contributed by atoms with Crippen LogP contribution in [-0.4, -0.2) is 7.11 Å². The van der Waals surface area contributed by atoms with E-state index in [4.69, 9.17) is 9.47 Å². The number of hydrogen-bond donors (Lipinski definition) is 1. The molecule has 0 saturated heterocycles. The number of methoxy groups -OCH3 is 1. The van der Waals surface area contributed by atoms with Crippen LogP contribution in [0.4, 0.5) is 10.1 Å². The topological polar surface area (TPSA) is 30.5 Å². The molecule has 0 fully saturated rings. The fourth-order valence-electron chi connectivity index (χ4n) is 3.01. The fraction of sp³-hybridized carbons (Fsp3) is 0.217. The van der Waals surface area contributed by atoms with Crippen LogP contribution >= 0.6 is 15.9 Å². The second-order valence-electron chi connectivity index (χ2n) is 6.70. The lowest BCUT2D eigenvalue weighted by atomic mass is 10.1. The van der Waals surface area contributed by atoms with Gasteiger partial charge in [0.1, 0.15) is 12.4 Å². The summed E-state index contributed by atoms with van der Waals surface area (Å²) in [7, 11) is 1.61. The Bertz CT molecular complexity index is 975. The highest BCUT2D eigenvalue weighted by atomic mass is 79.9. The van der Waals surface area contributed by atoms with Crippen LogP contribution < -0.4 is 14.8 Å². The Kier molecular flexibility index (Phi) is 6.57. The Morgan fingerprint density at radius 3 is 2.54 bits per heavy atom. The highest BCUT2D eigenvalue weighted by molar-refractivity contribution is 9.10. The van der Waals surface area contributed by atoms with E-state index in [1.165, 1.54) is 23.3 Å². The number of nitrogens with one attached hydrogen (secondary N) is 1. The molecule has 28 heavy (non-hydrogen) atoms. The molecule has 0 aliphatic rings. The van der Waals surface area contributed by atoms with Gasteiger partial charge in [-0.25, -0.2) is 4.39 Å². The summed E-state index contributed by atoms with van der Waals surface area (Å²) in [5.74, 6) is 0.949. The van der Waals surface area contributed by atoms with E-state index in [2.05, 4.69) is 53.3 Å². The van der Waals surface area contributed by atoms with Gasteiger partial charge in [-0.1, -0.05) is 29.8 Å². The molecule has 0 aliphatic carbocycles. The predicted molar refractivity (Wildman–Crippen MR) is 115 cm³/mol. The van der Waals surface area contributed by atoms with Gasteiger partial charge in [0, 0.05) is 12.2 Å². The first-order valence-corrected chi connectivity index (χ1v) is 9.80. The zero-order chi connectivity index (χ0) is 20.1. The van der Waals surface area contributed by atoms with Crippen LogP contribution in [0, 0.1) is 19.7 Å². The van der Waals surface area contributed by atoms with Gasteiger partial charge >= 0.3 is 0 Å². The molecule has 5 heteroatoms. The molecule has 3 rings (SSSR count). The first kappa shape index (κ1) is 20.2. The molecule has 0 unspecified atom stereocenters. The molecule has 0 bridgehead atoms. The van der Waals surface area contributed by atoms with E-state index >= 15 is 0 Å². The zero-order valence-corrected chi connectivity index (χ0v) is 17.8. The van der Waals surface area contributed by atoms with Gasteiger partial charge in [-0.05, 0) is 76.8 Å². The minimum atomic E-state index is -0.278. The van der Waals surface area contributed by atoms with Crippen molar-refractivity contribution in [2.24, 2.45) is 0 Å². The van der Waals surface area contributed by atoms with Gasteiger partial charge in [0.15, 0.2) is 11.5 Å². The number of hydrogen-bond acceptors (Lipinski definition) is 3. The van der Waals surface area contributed by atoms with Crippen molar-refractivity contribution in [3.63, 3.8) is 0 Å². The average Bonchev–Trinajstić information content (AvgIpc) is 2.66. The molecule has 0 radical (unpaired) electrons. The second kappa shape index (κ2) is 9.11. The summed E-state index contributed by atoms with van der Waals surface area (Å²) in [6.07, 6.45) is 0. The van der Waals surface area contributed by atoms with Crippen molar-refractivity contribution in [1.82, 2.24) is 0 Å².